The first-order valence-electron chi connectivity index (χ1n) is 6.17. The molecule has 1 N–H and O–H groups in total. The largest absolute Gasteiger partial charge is 0.349 e. The highest BCUT2D eigenvalue weighted by molar-refractivity contribution is 6.35. The van der Waals surface area contributed by atoms with E-state index >= 15 is 0 Å². The Labute approximate surface area is 127 Å². The van der Waals surface area contributed by atoms with E-state index in [2.05, 4.69) is 10.4 Å². The van der Waals surface area contributed by atoms with Crippen LogP contribution in [0, 0.1) is 0 Å². The Morgan fingerprint density at radius 2 is 2.20 bits per heavy atom. The summed E-state index contributed by atoms with van der Waals surface area (Å²) >= 11 is 12.0. The van der Waals surface area contributed by atoms with Crippen molar-refractivity contribution >= 4 is 29.1 Å². The third-order valence-electron chi connectivity index (χ3n) is 2.93. The number of aryl methyl sites for hydroxylation is 1. The summed E-state index contributed by atoms with van der Waals surface area (Å²) < 4.78 is 1.67. The Morgan fingerprint density at radius 3 is 2.80 bits per heavy atom. The second kappa shape index (κ2) is 6.29. The fourth-order valence-electron chi connectivity index (χ4n) is 1.97. The summed E-state index contributed by atoms with van der Waals surface area (Å²) in [6.45, 7) is 1.89. The molecule has 0 spiro atoms. The van der Waals surface area contributed by atoms with Gasteiger partial charge in [0.05, 0.1) is 18.7 Å². The molecular formula is C14H15Cl2N3O. The number of amides is 1. The maximum atomic E-state index is 12.0. The van der Waals surface area contributed by atoms with E-state index in [0.29, 0.717) is 16.5 Å². The highest BCUT2D eigenvalue weighted by Crippen LogP contribution is 2.26. The zero-order valence-corrected chi connectivity index (χ0v) is 12.7. The lowest BCUT2D eigenvalue weighted by atomic mass is 10.1. The van der Waals surface area contributed by atoms with Crippen LogP contribution in [0.2, 0.25) is 10.0 Å². The van der Waals surface area contributed by atoms with Crippen LogP contribution >= 0.6 is 23.2 Å². The molecule has 1 aromatic carbocycles. The van der Waals surface area contributed by atoms with Gasteiger partial charge < -0.3 is 5.32 Å². The molecule has 0 radical (unpaired) electrons. The van der Waals surface area contributed by atoms with Crippen LogP contribution < -0.4 is 5.32 Å². The summed E-state index contributed by atoms with van der Waals surface area (Å²) in [5.41, 5.74) is 1.72. The van der Waals surface area contributed by atoms with Crippen LogP contribution in [0.4, 0.5) is 0 Å². The number of halogens is 2. The molecule has 1 amide bonds. The molecule has 0 unspecified atom stereocenters. The molecule has 20 heavy (non-hydrogen) atoms. The van der Waals surface area contributed by atoms with E-state index in [1.807, 2.05) is 26.2 Å². The lowest BCUT2D eigenvalue weighted by Gasteiger charge is -2.15. The zero-order chi connectivity index (χ0) is 14.7. The van der Waals surface area contributed by atoms with E-state index in [1.54, 1.807) is 23.0 Å². The predicted molar refractivity (Wildman–Crippen MR) is 79.9 cm³/mol. The standard InChI is InChI=1S/C14H15Cl2N3O/c1-9(12-4-3-11(15)6-13(12)16)18-14(20)5-10-7-17-19(2)8-10/h3-4,6-9H,5H2,1-2H3,(H,18,20)/t9-/m0/s1. The molecule has 0 saturated carbocycles. The first kappa shape index (κ1) is 14.9. The van der Waals surface area contributed by atoms with Crippen molar-refractivity contribution in [3.05, 3.63) is 51.8 Å². The van der Waals surface area contributed by atoms with Gasteiger partial charge in [0, 0.05) is 23.3 Å². The fraction of sp³-hybridized carbons (Fsp3) is 0.286. The van der Waals surface area contributed by atoms with Gasteiger partial charge in [-0.2, -0.15) is 5.10 Å². The average Bonchev–Trinajstić information content (AvgIpc) is 2.74. The smallest absolute Gasteiger partial charge is 0.225 e. The lowest BCUT2D eigenvalue weighted by molar-refractivity contribution is -0.121. The van der Waals surface area contributed by atoms with Gasteiger partial charge >= 0.3 is 0 Å². The van der Waals surface area contributed by atoms with Gasteiger partial charge in [-0.05, 0) is 30.2 Å². The number of hydrogen-bond acceptors (Lipinski definition) is 2. The maximum absolute atomic E-state index is 12.0. The molecule has 0 saturated heterocycles. The normalized spacial score (nSPS) is 12.2. The van der Waals surface area contributed by atoms with E-state index in [1.165, 1.54) is 0 Å². The molecule has 2 rings (SSSR count). The highest BCUT2D eigenvalue weighted by Gasteiger charge is 2.13. The minimum atomic E-state index is -0.177. The van der Waals surface area contributed by atoms with E-state index < -0.39 is 0 Å². The number of nitrogens with one attached hydrogen (secondary N) is 1. The molecule has 0 aliphatic heterocycles. The van der Waals surface area contributed by atoms with Crippen molar-refractivity contribution in [3.8, 4) is 0 Å². The number of nitrogens with zero attached hydrogens (tertiary/aromatic N) is 2. The Balaban J connectivity index is 2.00. The van der Waals surface area contributed by atoms with Gasteiger partial charge in [-0.1, -0.05) is 29.3 Å². The van der Waals surface area contributed by atoms with Crippen LogP contribution in [-0.4, -0.2) is 15.7 Å². The number of rotatable bonds is 4. The molecule has 2 aromatic rings. The topological polar surface area (TPSA) is 46.9 Å². The maximum Gasteiger partial charge on any atom is 0.225 e. The Morgan fingerprint density at radius 1 is 1.45 bits per heavy atom. The molecule has 106 valence electrons. The van der Waals surface area contributed by atoms with Crippen LogP contribution in [0.25, 0.3) is 0 Å². The number of carbonyl (C=O) groups excluding carboxylic acids is 1. The molecule has 4 nitrogen and oxygen atoms in total. The number of carbonyl (C=O) groups is 1. The third-order valence-corrected chi connectivity index (χ3v) is 3.49. The molecule has 0 fully saturated rings. The first-order valence-corrected chi connectivity index (χ1v) is 6.93. The van der Waals surface area contributed by atoms with Crippen molar-refractivity contribution < 1.29 is 4.79 Å². The van der Waals surface area contributed by atoms with E-state index in [9.17, 15) is 4.79 Å². The lowest BCUT2D eigenvalue weighted by Crippen LogP contribution is -2.28. The minimum Gasteiger partial charge on any atom is -0.349 e. The van der Waals surface area contributed by atoms with Crippen molar-refractivity contribution in [2.45, 2.75) is 19.4 Å². The monoisotopic (exact) mass is 311 g/mol. The molecular weight excluding hydrogens is 297 g/mol. The van der Waals surface area contributed by atoms with Crippen LogP contribution in [0.3, 0.4) is 0 Å². The van der Waals surface area contributed by atoms with Gasteiger partial charge in [0.25, 0.3) is 0 Å². The van der Waals surface area contributed by atoms with Gasteiger partial charge in [0.2, 0.25) is 5.91 Å². The Kier molecular flexibility index (Phi) is 4.68. The fourth-order valence-corrected chi connectivity index (χ4v) is 2.54. The molecule has 1 aromatic heterocycles. The van der Waals surface area contributed by atoms with Crippen LogP contribution in [0.5, 0.6) is 0 Å². The second-order valence-corrected chi connectivity index (χ2v) is 5.50. The van der Waals surface area contributed by atoms with Gasteiger partial charge in [0.1, 0.15) is 0 Å². The molecule has 6 heteroatoms. The summed E-state index contributed by atoms with van der Waals surface area (Å²) in [6, 6.07) is 5.07. The predicted octanol–water partition coefficient (Wildman–Crippen LogP) is 3.15. The SMILES string of the molecule is C[C@H](NC(=O)Cc1cnn(C)c1)c1ccc(Cl)cc1Cl. The molecule has 1 heterocycles. The summed E-state index contributed by atoms with van der Waals surface area (Å²) in [7, 11) is 1.82. The van der Waals surface area contributed by atoms with Gasteiger partial charge in [-0.15, -0.1) is 0 Å². The number of hydrogen-bond donors (Lipinski definition) is 1. The number of aromatic nitrogens is 2. The second-order valence-electron chi connectivity index (χ2n) is 4.65. The minimum absolute atomic E-state index is 0.0727. The Bertz CT molecular complexity index is 625. The quantitative estimate of drug-likeness (QED) is 0.943. The van der Waals surface area contributed by atoms with Crippen molar-refractivity contribution in [1.29, 1.82) is 0 Å². The summed E-state index contributed by atoms with van der Waals surface area (Å²) in [5, 5.41) is 8.07. The van der Waals surface area contributed by atoms with E-state index in [0.717, 1.165) is 11.1 Å². The van der Waals surface area contributed by atoms with E-state index in [-0.39, 0.29) is 11.9 Å². The van der Waals surface area contributed by atoms with Crippen molar-refractivity contribution in [1.82, 2.24) is 15.1 Å². The first-order chi connectivity index (χ1) is 9.45. The Hall–Kier alpha value is -1.52. The summed E-state index contributed by atoms with van der Waals surface area (Å²) in [5.74, 6) is -0.0727. The van der Waals surface area contributed by atoms with Crippen LogP contribution in [0.15, 0.2) is 30.6 Å². The third kappa shape index (κ3) is 3.74. The van der Waals surface area contributed by atoms with Gasteiger partial charge in [-0.3, -0.25) is 9.48 Å². The van der Waals surface area contributed by atoms with Crippen LogP contribution in [-0.2, 0) is 18.3 Å². The highest BCUT2D eigenvalue weighted by atomic mass is 35.5. The molecule has 0 aliphatic rings. The van der Waals surface area contributed by atoms with E-state index in [4.69, 9.17) is 23.2 Å². The zero-order valence-electron chi connectivity index (χ0n) is 11.2. The van der Waals surface area contributed by atoms with Crippen LogP contribution in [0.1, 0.15) is 24.1 Å². The summed E-state index contributed by atoms with van der Waals surface area (Å²) in [4.78, 5) is 12.0. The van der Waals surface area contributed by atoms with Gasteiger partial charge in [0.15, 0.2) is 0 Å². The average molecular weight is 312 g/mol. The number of benzene rings is 1. The summed E-state index contributed by atoms with van der Waals surface area (Å²) in [6.07, 6.45) is 3.79. The molecule has 1 atom stereocenters. The molecule has 0 aliphatic carbocycles. The van der Waals surface area contributed by atoms with Crippen molar-refractivity contribution in [3.63, 3.8) is 0 Å². The van der Waals surface area contributed by atoms with Crippen molar-refractivity contribution in [2.24, 2.45) is 7.05 Å². The molecule has 0 bridgehead atoms. The van der Waals surface area contributed by atoms with Gasteiger partial charge in [-0.25, -0.2) is 0 Å². The van der Waals surface area contributed by atoms with Crippen molar-refractivity contribution in [2.75, 3.05) is 0 Å².